The molecule has 0 aliphatic rings. The molecule has 0 aliphatic carbocycles. The number of hydrogen-bond donors (Lipinski definition) is 6. The van der Waals surface area contributed by atoms with Crippen LogP contribution in [-0.4, -0.2) is 192 Å². The lowest BCUT2D eigenvalue weighted by molar-refractivity contribution is -0.889. The third-order valence-corrected chi connectivity index (χ3v) is 11.2. The van der Waals surface area contributed by atoms with Gasteiger partial charge < -0.3 is 74.7 Å². The van der Waals surface area contributed by atoms with Crippen molar-refractivity contribution in [3.05, 3.63) is 0 Å². The lowest BCUT2D eigenvalue weighted by atomic mass is 10.0. The quantitative estimate of drug-likeness (QED) is 0.0372. The molecule has 6 amide bonds. The van der Waals surface area contributed by atoms with Crippen molar-refractivity contribution in [2.75, 3.05) is 146 Å². The minimum absolute atomic E-state index is 0.0258. The summed E-state index contributed by atoms with van der Waals surface area (Å²) in [4.78, 5) is 82.0. The van der Waals surface area contributed by atoms with Gasteiger partial charge in [-0.1, -0.05) is 77.0 Å². The van der Waals surface area contributed by atoms with Gasteiger partial charge in [-0.2, -0.15) is 0 Å². The molecule has 0 saturated carbocycles. The Morgan fingerprint density at radius 3 is 1.14 bits per heavy atom. The highest BCUT2D eigenvalue weighted by atomic mass is 16.5. The predicted molar refractivity (Wildman–Crippen MR) is 268 cm³/mol. The van der Waals surface area contributed by atoms with Gasteiger partial charge in [-0.05, 0) is 32.1 Å². The van der Waals surface area contributed by atoms with Gasteiger partial charge in [0.1, 0.15) is 19.8 Å². The number of aliphatic carboxylic acids is 1. The number of likely N-dealkylation sites (N-methyl/N-ethyl adjacent to an activating group) is 1. The summed E-state index contributed by atoms with van der Waals surface area (Å²) < 4.78 is 33.2. The van der Waals surface area contributed by atoms with Crippen molar-refractivity contribution in [3.63, 3.8) is 0 Å². The average molecular weight is 1020 g/mol. The highest BCUT2D eigenvalue weighted by Gasteiger charge is 2.15. The lowest BCUT2D eigenvalue weighted by Crippen LogP contribution is -2.47. The Bertz CT molecular complexity index is 1380. The van der Waals surface area contributed by atoms with Gasteiger partial charge in [0.25, 0.3) is 0 Å². The first-order valence-corrected chi connectivity index (χ1v) is 26.4. The van der Waals surface area contributed by atoms with Gasteiger partial charge in [0.15, 0.2) is 0 Å². The van der Waals surface area contributed by atoms with Gasteiger partial charge in [0.05, 0.1) is 93.3 Å². The van der Waals surface area contributed by atoms with Crippen LogP contribution >= 0.6 is 0 Å². The van der Waals surface area contributed by atoms with Gasteiger partial charge in [0.2, 0.25) is 35.4 Å². The molecule has 0 aromatic heterocycles. The van der Waals surface area contributed by atoms with Crippen LogP contribution in [0, 0.1) is 0 Å². The van der Waals surface area contributed by atoms with Crippen molar-refractivity contribution in [1.29, 1.82) is 0 Å². The summed E-state index contributed by atoms with van der Waals surface area (Å²) in [6, 6.07) is 0. The number of unbranched alkanes of at least 4 members (excludes halogenated alkanes) is 13. The van der Waals surface area contributed by atoms with E-state index < -0.39 is 5.97 Å². The van der Waals surface area contributed by atoms with Crippen molar-refractivity contribution in [2.24, 2.45) is 0 Å². The fourth-order valence-corrected chi connectivity index (χ4v) is 6.83. The van der Waals surface area contributed by atoms with E-state index in [-0.39, 0.29) is 94.5 Å². The second-order valence-corrected chi connectivity index (χ2v) is 18.1. The number of ether oxygens (including phenoxy) is 6. The second-order valence-electron chi connectivity index (χ2n) is 18.1. The minimum atomic E-state index is -0.949. The number of nitrogens with zero attached hydrogens (tertiary/aromatic N) is 1. The number of carbonyl (C=O) groups is 7. The highest BCUT2D eigenvalue weighted by molar-refractivity contribution is 5.78. The smallest absolute Gasteiger partial charge is 0.246 e. The first-order valence-electron chi connectivity index (χ1n) is 26.4. The van der Waals surface area contributed by atoms with Crippen LogP contribution in [0.2, 0.25) is 0 Å². The van der Waals surface area contributed by atoms with E-state index in [0.29, 0.717) is 102 Å². The Labute approximate surface area is 424 Å². The van der Waals surface area contributed by atoms with Crippen molar-refractivity contribution in [3.8, 4) is 0 Å². The zero-order valence-corrected chi connectivity index (χ0v) is 43.9. The molecule has 0 aliphatic heterocycles. The maximum atomic E-state index is 12.1. The number of carboxylic acid groups (broad SMARTS) is 1. The van der Waals surface area contributed by atoms with E-state index in [1.165, 1.54) is 51.4 Å². The molecule has 0 heterocycles. The average Bonchev–Trinajstić information content (AvgIpc) is 3.33. The largest absolute Gasteiger partial charge is 0.550 e. The summed E-state index contributed by atoms with van der Waals surface area (Å²) in [5.74, 6) is -1.73. The van der Waals surface area contributed by atoms with E-state index in [2.05, 4.69) is 46.0 Å². The van der Waals surface area contributed by atoms with Crippen molar-refractivity contribution in [1.82, 2.24) is 31.9 Å². The summed E-state index contributed by atoms with van der Waals surface area (Å²) in [5.41, 5.74) is 0. The number of carbonyl (C=O) groups excluding carboxylic acids is 7. The van der Waals surface area contributed by atoms with Gasteiger partial charge in [-0.25, -0.2) is 0 Å². The Morgan fingerprint density at radius 1 is 0.338 bits per heavy atom. The third-order valence-electron chi connectivity index (χ3n) is 11.2. The van der Waals surface area contributed by atoms with E-state index >= 15 is 0 Å². The molecule has 0 radical (unpaired) electrons. The molecule has 0 aromatic carbocycles. The zero-order chi connectivity index (χ0) is 52.3. The van der Waals surface area contributed by atoms with E-state index in [1.54, 1.807) is 7.05 Å². The molecule has 0 bridgehead atoms. The SMILES string of the molecule is CNC(=O)CCOCCOCC[N+](C)(C)CCNC(=O)COCCOCCNC(=O)COCCOCCNC(=O)CCCNC(=O)CCCNC(=O)CCCCCCCCCCCCCCCCC(=O)[O-]. The Kier molecular flexibility index (Phi) is 46.8. The standard InChI is InChI=1S/C50H95N7O14/c1-51-44(58)24-32-66-36-37-69-35-31-57(2,3)30-27-54-48(62)42-70-40-39-68-34-29-56-49(63)43-71-41-38-67-33-28-55-47(61)22-19-26-53-46(60)21-18-25-52-45(59)20-16-14-12-10-8-6-4-5-7-9-11-13-15-17-23-50(64)65/h4-43H2,1-3H3,(H6-,51,52,53,54,55,56,58,59,60,61,62,63,64,65). The summed E-state index contributed by atoms with van der Waals surface area (Å²) in [5, 5.41) is 27.0. The molecule has 0 fully saturated rings. The molecule has 414 valence electrons. The predicted octanol–water partition coefficient (Wildman–Crippen LogP) is 1.43. The third kappa shape index (κ3) is 52.2. The Hall–Kier alpha value is -3.99. The topological polar surface area (TPSA) is 270 Å². The number of hydrogen-bond acceptors (Lipinski definition) is 14. The van der Waals surface area contributed by atoms with Crippen LogP contribution in [0.4, 0.5) is 0 Å². The number of nitrogens with one attached hydrogen (secondary N) is 6. The second kappa shape index (κ2) is 49.6. The van der Waals surface area contributed by atoms with Crippen molar-refractivity contribution in [2.45, 2.75) is 135 Å². The normalized spacial score (nSPS) is 11.3. The van der Waals surface area contributed by atoms with Crippen LogP contribution in [-0.2, 0) is 62.0 Å². The van der Waals surface area contributed by atoms with Crippen LogP contribution in [0.25, 0.3) is 0 Å². The molecule has 0 saturated heterocycles. The van der Waals surface area contributed by atoms with E-state index in [4.69, 9.17) is 28.4 Å². The maximum Gasteiger partial charge on any atom is 0.246 e. The molecular weight excluding hydrogens is 923 g/mol. The van der Waals surface area contributed by atoms with Gasteiger partial charge in [-0.3, -0.25) is 28.8 Å². The first-order chi connectivity index (χ1) is 34.3. The minimum Gasteiger partial charge on any atom is -0.550 e. The molecule has 0 atom stereocenters. The van der Waals surface area contributed by atoms with Crippen molar-refractivity contribution >= 4 is 41.4 Å². The number of amides is 6. The molecular formula is C50H95N7O14. The molecule has 0 aromatic rings. The highest BCUT2D eigenvalue weighted by Crippen LogP contribution is 2.14. The first kappa shape index (κ1) is 67.0. The number of quaternary nitrogens is 1. The van der Waals surface area contributed by atoms with Crippen LogP contribution in [0.1, 0.15) is 135 Å². The van der Waals surface area contributed by atoms with E-state index in [0.717, 1.165) is 51.6 Å². The zero-order valence-electron chi connectivity index (χ0n) is 43.9. The number of carboxylic acids is 1. The van der Waals surface area contributed by atoms with E-state index in [9.17, 15) is 38.7 Å². The summed E-state index contributed by atoms with van der Waals surface area (Å²) in [7, 11) is 5.71. The molecule has 21 nitrogen and oxygen atoms in total. The monoisotopic (exact) mass is 1020 g/mol. The maximum absolute atomic E-state index is 12.1. The van der Waals surface area contributed by atoms with Crippen LogP contribution < -0.4 is 37.0 Å². The lowest BCUT2D eigenvalue weighted by Gasteiger charge is -2.29. The Balaban J connectivity index is 3.49. The molecule has 0 spiro atoms. The summed E-state index contributed by atoms with van der Waals surface area (Å²) >= 11 is 0. The molecule has 71 heavy (non-hydrogen) atoms. The van der Waals surface area contributed by atoms with Crippen LogP contribution in [0.5, 0.6) is 0 Å². The van der Waals surface area contributed by atoms with Crippen LogP contribution in [0.15, 0.2) is 0 Å². The molecule has 6 N–H and O–H groups in total. The summed E-state index contributed by atoms with van der Waals surface area (Å²) in [6.07, 6.45) is 18.4. The fourth-order valence-electron chi connectivity index (χ4n) is 6.83. The van der Waals surface area contributed by atoms with E-state index in [1.807, 2.05) is 0 Å². The van der Waals surface area contributed by atoms with Crippen molar-refractivity contribution < 1.29 is 71.6 Å². The molecule has 0 rings (SSSR count). The fraction of sp³-hybridized carbons (Fsp3) is 0.860. The number of rotatable bonds is 53. The van der Waals surface area contributed by atoms with Gasteiger partial charge in [-0.15, -0.1) is 0 Å². The molecule has 0 unspecified atom stereocenters. The Morgan fingerprint density at radius 2 is 0.690 bits per heavy atom. The van der Waals surface area contributed by atoms with Gasteiger partial charge >= 0.3 is 0 Å². The van der Waals surface area contributed by atoms with Crippen LogP contribution in [0.3, 0.4) is 0 Å². The summed E-state index contributed by atoms with van der Waals surface area (Å²) in [6.45, 7) is 6.63. The molecule has 21 heteroatoms. The van der Waals surface area contributed by atoms with Gasteiger partial charge in [0, 0.05) is 64.9 Å².